The van der Waals surface area contributed by atoms with E-state index in [1.165, 1.54) is 21.2 Å². The number of phenols is 1. The largest absolute Gasteiger partial charge is 0.633 e. The van der Waals surface area contributed by atoms with Crippen molar-refractivity contribution >= 4 is 0 Å². The molecular formula is C10H15NO3. The quantitative estimate of drug-likeness (QED) is 0.589. The highest BCUT2D eigenvalue weighted by atomic mass is 16.5. The molecule has 14 heavy (non-hydrogen) atoms. The zero-order valence-corrected chi connectivity index (χ0v) is 8.65. The number of phenolic OH excluding ortho intramolecular Hbond substituents is 1. The highest BCUT2D eigenvalue weighted by molar-refractivity contribution is 5.44. The average molecular weight is 197 g/mol. The number of hydrogen-bond donors (Lipinski definition) is 1. The van der Waals surface area contributed by atoms with Gasteiger partial charge in [0, 0.05) is 0 Å². The highest BCUT2D eigenvalue weighted by Gasteiger charge is 2.12. The van der Waals surface area contributed by atoms with E-state index < -0.39 is 4.65 Å². The van der Waals surface area contributed by atoms with Crippen molar-refractivity contribution in [2.24, 2.45) is 0 Å². The van der Waals surface area contributed by atoms with Gasteiger partial charge in [-0.3, -0.25) is 0 Å². The molecule has 1 aromatic carbocycles. The minimum atomic E-state index is -0.472. The van der Waals surface area contributed by atoms with Crippen molar-refractivity contribution in [3.63, 3.8) is 0 Å². The van der Waals surface area contributed by atoms with Gasteiger partial charge in [-0.2, -0.15) is 0 Å². The van der Waals surface area contributed by atoms with Crippen LogP contribution < -0.4 is 4.74 Å². The van der Waals surface area contributed by atoms with Crippen LogP contribution >= 0.6 is 0 Å². The van der Waals surface area contributed by atoms with Crippen LogP contribution in [0.5, 0.6) is 11.5 Å². The molecule has 1 rings (SSSR count). The molecule has 0 bridgehead atoms. The Kier molecular flexibility index (Phi) is 2.98. The van der Waals surface area contributed by atoms with Gasteiger partial charge < -0.3 is 19.7 Å². The van der Waals surface area contributed by atoms with Crippen molar-refractivity contribution in [2.75, 3.05) is 21.2 Å². The van der Waals surface area contributed by atoms with Crippen molar-refractivity contribution < 1.29 is 14.5 Å². The Morgan fingerprint density at radius 3 is 2.57 bits per heavy atom. The third-order valence-corrected chi connectivity index (χ3v) is 1.85. The minimum absolute atomic E-state index is 0.0528. The fourth-order valence-corrected chi connectivity index (χ4v) is 1.27. The summed E-state index contributed by atoms with van der Waals surface area (Å²) in [4.78, 5) is 0. The molecule has 0 unspecified atom stereocenters. The molecule has 4 nitrogen and oxygen atoms in total. The maximum absolute atomic E-state index is 11.4. The van der Waals surface area contributed by atoms with Gasteiger partial charge in [0.25, 0.3) is 0 Å². The Hall–Kier alpha value is -1.26. The zero-order valence-electron chi connectivity index (χ0n) is 8.65. The van der Waals surface area contributed by atoms with E-state index in [0.717, 1.165) is 0 Å². The summed E-state index contributed by atoms with van der Waals surface area (Å²) in [6.07, 6.45) is 0. The SMILES string of the molecule is COc1cccc(C[N+](C)(C)[O-])c1O. The van der Waals surface area contributed by atoms with E-state index in [-0.39, 0.29) is 12.3 Å². The van der Waals surface area contributed by atoms with Gasteiger partial charge in [-0.1, -0.05) is 6.07 Å². The number of benzene rings is 1. The molecule has 0 fully saturated rings. The molecule has 4 heteroatoms. The molecule has 0 saturated carbocycles. The average Bonchev–Trinajstić information content (AvgIpc) is 2.06. The molecule has 0 heterocycles. The third kappa shape index (κ3) is 2.61. The van der Waals surface area contributed by atoms with Crippen LogP contribution in [0.15, 0.2) is 18.2 Å². The van der Waals surface area contributed by atoms with Crippen LogP contribution in [-0.4, -0.2) is 31.0 Å². The molecule has 78 valence electrons. The number of para-hydroxylation sites is 1. The number of quaternary nitrogens is 1. The molecule has 0 radical (unpaired) electrons. The summed E-state index contributed by atoms with van der Waals surface area (Å²) in [5, 5.41) is 21.1. The number of hydrogen-bond acceptors (Lipinski definition) is 3. The zero-order chi connectivity index (χ0) is 10.8. The normalized spacial score (nSPS) is 11.4. The summed E-state index contributed by atoms with van der Waals surface area (Å²) in [6.45, 7) is 0.225. The topological polar surface area (TPSA) is 52.5 Å². The first kappa shape index (κ1) is 10.8. The summed E-state index contributed by atoms with van der Waals surface area (Å²) in [5.41, 5.74) is 0.601. The van der Waals surface area contributed by atoms with Crippen LogP contribution in [0.1, 0.15) is 5.56 Å². The van der Waals surface area contributed by atoms with Crippen molar-refractivity contribution in [1.82, 2.24) is 0 Å². The molecule has 0 saturated heterocycles. The monoisotopic (exact) mass is 197 g/mol. The first-order valence-corrected chi connectivity index (χ1v) is 4.33. The lowest BCUT2D eigenvalue weighted by atomic mass is 10.2. The lowest BCUT2D eigenvalue weighted by Crippen LogP contribution is -2.31. The van der Waals surface area contributed by atoms with Crippen molar-refractivity contribution in [3.8, 4) is 11.5 Å². The highest BCUT2D eigenvalue weighted by Crippen LogP contribution is 2.30. The van der Waals surface area contributed by atoms with Crippen LogP contribution in [0.2, 0.25) is 0 Å². The molecule has 0 aliphatic rings. The van der Waals surface area contributed by atoms with Crippen molar-refractivity contribution in [1.29, 1.82) is 0 Å². The van der Waals surface area contributed by atoms with Crippen molar-refractivity contribution in [3.05, 3.63) is 29.0 Å². The van der Waals surface area contributed by atoms with E-state index >= 15 is 0 Å². The van der Waals surface area contributed by atoms with Gasteiger partial charge in [-0.05, 0) is 12.1 Å². The maximum atomic E-state index is 11.4. The summed E-state index contributed by atoms with van der Waals surface area (Å²) in [6, 6.07) is 5.13. The maximum Gasteiger partial charge on any atom is 0.166 e. The van der Waals surface area contributed by atoms with Gasteiger partial charge in [-0.25, -0.2) is 0 Å². The fourth-order valence-electron chi connectivity index (χ4n) is 1.27. The van der Waals surface area contributed by atoms with E-state index in [2.05, 4.69) is 0 Å². The number of ether oxygens (including phenoxy) is 1. The summed E-state index contributed by atoms with van der Waals surface area (Å²) in [7, 11) is 4.54. The summed E-state index contributed by atoms with van der Waals surface area (Å²) >= 11 is 0. The van der Waals surface area contributed by atoms with Gasteiger partial charge in [0.1, 0.15) is 6.54 Å². The Morgan fingerprint density at radius 1 is 1.43 bits per heavy atom. The lowest BCUT2D eigenvalue weighted by molar-refractivity contribution is -0.853. The van der Waals surface area contributed by atoms with E-state index in [9.17, 15) is 10.3 Å². The van der Waals surface area contributed by atoms with Crippen LogP contribution in [0.4, 0.5) is 0 Å². The first-order valence-electron chi connectivity index (χ1n) is 4.33. The molecule has 0 aliphatic heterocycles. The fraction of sp³-hybridized carbons (Fsp3) is 0.400. The van der Waals surface area contributed by atoms with Gasteiger partial charge in [0.2, 0.25) is 0 Å². The van der Waals surface area contributed by atoms with Crippen LogP contribution in [0.3, 0.4) is 0 Å². The Balaban J connectivity index is 2.98. The van der Waals surface area contributed by atoms with Crippen LogP contribution in [0.25, 0.3) is 0 Å². The predicted molar refractivity (Wildman–Crippen MR) is 53.8 cm³/mol. The Labute approximate surface area is 83.5 Å². The molecule has 0 spiro atoms. The molecule has 1 N–H and O–H groups in total. The van der Waals surface area contributed by atoms with Crippen LogP contribution in [-0.2, 0) is 6.54 Å². The summed E-state index contributed by atoms with van der Waals surface area (Å²) in [5.74, 6) is 0.452. The smallest absolute Gasteiger partial charge is 0.166 e. The van der Waals surface area contributed by atoms with Gasteiger partial charge in [-0.15, -0.1) is 0 Å². The van der Waals surface area contributed by atoms with Crippen molar-refractivity contribution in [2.45, 2.75) is 6.54 Å². The van der Waals surface area contributed by atoms with E-state index in [4.69, 9.17) is 4.74 Å². The molecule has 0 atom stereocenters. The van der Waals surface area contributed by atoms with Gasteiger partial charge in [0.05, 0.1) is 26.8 Å². The van der Waals surface area contributed by atoms with E-state index in [0.29, 0.717) is 11.3 Å². The number of hydroxylamine groups is 3. The second-order valence-electron chi connectivity index (χ2n) is 3.70. The number of rotatable bonds is 3. The molecule has 0 aromatic heterocycles. The third-order valence-electron chi connectivity index (χ3n) is 1.85. The van der Waals surface area contributed by atoms with Gasteiger partial charge in [0.15, 0.2) is 11.5 Å². The standard InChI is InChI=1S/C10H15NO3/c1-11(2,13)7-8-5-4-6-9(14-3)10(8)12/h4-6,12H,7H2,1-3H3. The molecular weight excluding hydrogens is 182 g/mol. The number of methoxy groups -OCH3 is 1. The van der Waals surface area contributed by atoms with Crippen LogP contribution in [0, 0.1) is 5.21 Å². The first-order chi connectivity index (χ1) is 6.44. The minimum Gasteiger partial charge on any atom is -0.633 e. The second-order valence-corrected chi connectivity index (χ2v) is 3.70. The molecule has 0 amide bonds. The van der Waals surface area contributed by atoms with E-state index in [1.807, 2.05) is 0 Å². The van der Waals surface area contributed by atoms with E-state index in [1.54, 1.807) is 18.2 Å². The lowest BCUT2D eigenvalue weighted by Gasteiger charge is -2.33. The number of aromatic hydroxyl groups is 1. The number of nitrogens with zero attached hydrogens (tertiary/aromatic N) is 1. The second kappa shape index (κ2) is 3.86. The molecule has 0 aliphatic carbocycles. The Bertz CT molecular complexity index is 318. The predicted octanol–water partition coefficient (Wildman–Crippen LogP) is 1.47. The molecule has 1 aromatic rings. The Morgan fingerprint density at radius 2 is 2.07 bits per heavy atom. The summed E-state index contributed by atoms with van der Waals surface area (Å²) < 4.78 is 4.47. The van der Waals surface area contributed by atoms with Gasteiger partial charge >= 0.3 is 0 Å².